The molecule has 2 heterocycles. The maximum Gasteiger partial charge on any atom is 0.242 e. The van der Waals surface area contributed by atoms with Gasteiger partial charge in [-0.2, -0.15) is 0 Å². The average Bonchev–Trinajstić information content (AvgIpc) is 2.56. The highest BCUT2D eigenvalue weighted by molar-refractivity contribution is 5.85. The van der Waals surface area contributed by atoms with Gasteiger partial charge in [-0.25, -0.2) is 0 Å². The van der Waals surface area contributed by atoms with Crippen LogP contribution in [0.1, 0.15) is 12.5 Å². The summed E-state index contributed by atoms with van der Waals surface area (Å²) in [6.07, 6.45) is 0. The van der Waals surface area contributed by atoms with Crippen LogP contribution in [0.2, 0.25) is 0 Å². The number of carbonyl (C=O) groups is 1. The average molecular weight is 327 g/mol. The minimum Gasteiger partial charge on any atom is -0.378 e. The summed E-state index contributed by atoms with van der Waals surface area (Å²) in [5.74, 6) is 0.111. The van der Waals surface area contributed by atoms with Gasteiger partial charge in [0.25, 0.3) is 0 Å². The topological polar surface area (TPSA) is 50.8 Å². The number of ether oxygens (including phenoxy) is 2. The summed E-state index contributed by atoms with van der Waals surface area (Å²) in [6, 6.07) is 9.87. The predicted octanol–water partition coefficient (Wildman–Crippen LogP) is 1.17. The van der Waals surface area contributed by atoms with Crippen LogP contribution >= 0.6 is 12.4 Å². The third kappa shape index (κ3) is 3.60. The zero-order valence-corrected chi connectivity index (χ0v) is 13.6. The lowest BCUT2D eigenvalue weighted by Crippen LogP contribution is -2.58. The van der Waals surface area contributed by atoms with E-state index in [4.69, 9.17) is 9.47 Å². The molecule has 5 nitrogen and oxygen atoms in total. The molecule has 1 aromatic carbocycles. The van der Waals surface area contributed by atoms with Gasteiger partial charge in [-0.1, -0.05) is 30.3 Å². The monoisotopic (exact) mass is 326 g/mol. The summed E-state index contributed by atoms with van der Waals surface area (Å²) in [5, 5.41) is 3.23. The van der Waals surface area contributed by atoms with Gasteiger partial charge in [0.1, 0.15) is 11.6 Å². The van der Waals surface area contributed by atoms with Crippen LogP contribution in [0.4, 0.5) is 0 Å². The summed E-state index contributed by atoms with van der Waals surface area (Å²) >= 11 is 0. The molecule has 22 heavy (non-hydrogen) atoms. The first-order valence-electron chi connectivity index (χ1n) is 7.48. The molecule has 1 aromatic rings. The maximum absolute atomic E-state index is 12.6. The van der Waals surface area contributed by atoms with Crippen LogP contribution in [0.5, 0.6) is 0 Å². The molecule has 0 bridgehead atoms. The van der Waals surface area contributed by atoms with Gasteiger partial charge in [0.05, 0.1) is 26.4 Å². The molecule has 122 valence electrons. The fourth-order valence-electron chi connectivity index (χ4n) is 2.97. The van der Waals surface area contributed by atoms with Crippen LogP contribution < -0.4 is 5.32 Å². The van der Waals surface area contributed by atoms with Crippen LogP contribution in [-0.4, -0.2) is 56.3 Å². The highest BCUT2D eigenvalue weighted by Crippen LogP contribution is 2.29. The van der Waals surface area contributed by atoms with Crippen molar-refractivity contribution >= 4 is 18.3 Å². The zero-order valence-electron chi connectivity index (χ0n) is 12.8. The maximum atomic E-state index is 12.6. The van der Waals surface area contributed by atoms with Crippen molar-refractivity contribution in [3.05, 3.63) is 35.9 Å². The van der Waals surface area contributed by atoms with Crippen molar-refractivity contribution < 1.29 is 14.3 Å². The van der Waals surface area contributed by atoms with Gasteiger partial charge in [0, 0.05) is 13.1 Å². The predicted molar refractivity (Wildman–Crippen MR) is 86.2 cm³/mol. The Morgan fingerprint density at radius 3 is 2.77 bits per heavy atom. The summed E-state index contributed by atoms with van der Waals surface area (Å²) in [5.41, 5.74) is 0.667. The quantitative estimate of drug-likeness (QED) is 0.886. The van der Waals surface area contributed by atoms with E-state index < -0.39 is 5.60 Å². The summed E-state index contributed by atoms with van der Waals surface area (Å²) in [6.45, 7) is 5.69. The largest absolute Gasteiger partial charge is 0.378 e. The van der Waals surface area contributed by atoms with Crippen molar-refractivity contribution in [1.82, 2.24) is 10.2 Å². The number of rotatable bonds is 2. The van der Waals surface area contributed by atoms with Crippen molar-refractivity contribution in [2.45, 2.75) is 18.6 Å². The van der Waals surface area contributed by atoms with Gasteiger partial charge in [0.15, 0.2) is 0 Å². The van der Waals surface area contributed by atoms with Gasteiger partial charge in [0.2, 0.25) is 5.91 Å². The number of carbonyl (C=O) groups excluding carboxylic acids is 1. The summed E-state index contributed by atoms with van der Waals surface area (Å²) in [7, 11) is 0. The Labute approximate surface area is 137 Å². The number of nitrogens with zero attached hydrogens (tertiary/aromatic N) is 1. The van der Waals surface area contributed by atoms with Crippen LogP contribution in [0.25, 0.3) is 0 Å². The molecule has 6 heteroatoms. The van der Waals surface area contributed by atoms with E-state index >= 15 is 0 Å². The molecule has 1 amide bonds. The standard InChI is InChI=1S/C16H22N2O3.ClH/c1-16(13-5-3-2-4-6-13)12-18(8-10-21-16)15(19)14-11-20-9-7-17-14;/h2-6,14,17H,7-12H2,1H3;1H. The molecule has 2 aliphatic rings. The van der Waals surface area contributed by atoms with Gasteiger partial charge in [-0.15, -0.1) is 12.4 Å². The second kappa shape index (κ2) is 7.42. The van der Waals surface area contributed by atoms with Crippen molar-refractivity contribution in [3.63, 3.8) is 0 Å². The van der Waals surface area contributed by atoms with E-state index in [1.807, 2.05) is 30.0 Å². The number of halogens is 1. The molecule has 1 N–H and O–H groups in total. The first-order valence-corrected chi connectivity index (χ1v) is 7.48. The Bertz CT molecular complexity index is 493. The van der Waals surface area contributed by atoms with E-state index in [-0.39, 0.29) is 24.4 Å². The number of benzene rings is 1. The van der Waals surface area contributed by atoms with Crippen LogP contribution in [0.15, 0.2) is 30.3 Å². The highest BCUT2D eigenvalue weighted by Gasteiger charge is 2.37. The molecular formula is C16H23ClN2O3. The molecular weight excluding hydrogens is 304 g/mol. The normalized spacial score (nSPS) is 28.8. The SMILES string of the molecule is CC1(c2ccccc2)CN(C(=O)C2COCCN2)CCO1.Cl. The van der Waals surface area contributed by atoms with Crippen LogP contribution in [-0.2, 0) is 19.9 Å². The molecule has 0 radical (unpaired) electrons. The number of nitrogens with one attached hydrogen (secondary N) is 1. The third-order valence-corrected chi connectivity index (χ3v) is 4.19. The minimum atomic E-state index is -0.440. The van der Waals surface area contributed by atoms with E-state index in [0.717, 1.165) is 12.1 Å². The molecule has 0 aromatic heterocycles. The minimum absolute atomic E-state index is 0. The van der Waals surface area contributed by atoms with E-state index in [2.05, 4.69) is 17.4 Å². The van der Waals surface area contributed by atoms with Crippen molar-refractivity contribution in [3.8, 4) is 0 Å². The molecule has 2 aliphatic heterocycles. The number of hydrogen-bond donors (Lipinski definition) is 1. The first kappa shape index (κ1) is 17.2. The number of hydrogen-bond acceptors (Lipinski definition) is 4. The number of morpholine rings is 2. The fourth-order valence-corrected chi connectivity index (χ4v) is 2.97. The first-order chi connectivity index (χ1) is 10.2. The third-order valence-electron chi connectivity index (χ3n) is 4.19. The Hall–Kier alpha value is -1.14. The Kier molecular flexibility index (Phi) is 5.81. The molecule has 3 rings (SSSR count). The molecule has 2 saturated heterocycles. The molecule has 2 unspecified atom stereocenters. The van der Waals surface area contributed by atoms with Crippen LogP contribution in [0.3, 0.4) is 0 Å². The summed E-state index contributed by atoms with van der Waals surface area (Å²) in [4.78, 5) is 14.5. The van der Waals surface area contributed by atoms with Gasteiger partial charge in [-0.3, -0.25) is 4.79 Å². The lowest BCUT2D eigenvalue weighted by Gasteiger charge is -2.42. The van der Waals surface area contributed by atoms with E-state index in [9.17, 15) is 4.79 Å². The Morgan fingerprint density at radius 1 is 1.32 bits per heavy atom. The molecule has 0 aliphatic carbocycles. The number of amides is 1. The Morgan fingerprint density at radius 2 is 2.09 bits per heavy atom. The molecule has 0 spiro atoms. The zero-order chi connectivity index (χ0) is 14.7. The van der Waals surface area contributed by atoms with Gasteiger partial charge in [-0.05, 0) is 12.5 Å². The smallest absolute Gasteiger partial charge is 0.242 e. The second-order valence-electron chi connectivity index (χ2n) is 5.79. The molecule has 2 fully saturated rings. The van der Waals surface area contributed by atoms with E-state index in [0.29, 0.717) is 32.9 Å². The van der Waals surface area contributed by atoms with Crippen molar-refractivity contribution in [2.75, 3.05) is 39.5 Å². The van der Waals surface area contributed by atoms with Gasteiger partial charge < -0.3 is 19.7 Å². The van der Waals surface area contributed by atoms with E-state index in [1.165, 1.54) is 0 Å². The summed E-state index contributed by atoms with van der Waals surface area (Å²) < 4.78 is 11.4. The van der Waals surface area contributed by atoms with Gasteiger partial charge >= 0.3 is 0 Å². The molecule has 0 saturated carbocycles. The van der Waals surface area contributed by atoms with E-state index in [1.54, 1.807) is 0 Å². The van der Waals surface area contributed by atoms with Crippen molar-refractivity contribution in [2.24, 2.45) is 0 Å². The lowest BCUT2D eigenvalue weighted by molar-refractivity contribution is -0.154. The van der Waals surface area contributed by atoms with Crippen LogP contribution in [0, 0.1) is 0 Å². The lowest BCUT2D eigenvalue weighted by atomic mass is 9.93. The Balaban J connectivity index is 0.00000176. The highest BCUT2D eigenvalue weighted by atomic mass is 35.5. The molecule has 2 atom stereocenters. The second-order valence-corrected chi connectivity index (χ2v) is 5.79. The van der Waals surface area contributed by atoms with Crippen molar-refractivity contribution in [1.29, 1.82) is 0 Å². The fraction of sp³-hybridized carbons (Fsp3) is 0.562.